The van der Waals surface area contributed by atoms with Crippen molar-refractivity contribution in [1.82, 2.24) is 10.0 Å². The topological polar surface area (TPSA) is 58.2 Å². The Morgan fingerprint density at radius 2 is 2.10 bits per heavy atom. The lowest BCUT2D eigenvalue weighted by molar-refractivity contribution is 0.492. The average Bonchev–Trinajstić information content (AvgIpc) is 3.00. The summed E-state index contributed by atoms with van der Waals surface area (Å²) in [6.07, 6.45) is 0.990. The Balaban J connectivity index is 1.74. The molecule has 0 aliphatic carbocycles. The lowest BCUT2D eigenvalue weighted by Gasteiger charge is -2.27. The fourth-order valence-electron chi connectivity index (χ4n) is 2.46. The molecule has 4 nitrogen and oxygen atoms in total. The molecule has 1 aromatic carbocycles. The van der Waals surface area contributed by atoms with Crippen molar-refractivity contribution in [1.29, 1.82) is 0 Å². The minimum atomic E-state index is -3.39. The first-order valence-electron chi connectivity index (χ1n) is 6.51. The zero-order valence-corrected chi connectivity index (χ0v) is 12.5. The van der Waals surface area contributed by atoms with E-state index in [1.807, 2.05) is 12.1 Å². The van der Waals surface area contributed by atoms with E-state index in [2.05, 4.69) is 22.2 Å². The van der Waals surface area contributed by atoms with Crippen LogP contribution < -0.4 is 10.0 Å². The van der Waals surface area contributed by atoms with Gasteiger partial charge in [-0.25, -0.2) is 13.1 Å². The molecule has 20 heavy (non-hydrogen) atoms. The van der Waals surface area contributed by atoms with Crippen LogP contribution in [0.25, 0.3) is 0 Å². The second-order valence-electron chi connectivity index (χ2n) is 4.74. The van der Waals surface area contributed by atoms with Crippen molar-refractivity contribution >= 4 is 21.4 Å². The third-order valence-electron chi connectivity index (χ3n) is 3.45. The summed E-state index contributed by atoms with van der Waals surface area (Å²) in [5.74, 6) is 0. The van der Waals surface area contributed by atoms with E-state index < -0.39 is 10.0 Å². The van der Waals surface area contributed by atoms with E-state index in [4.69, 9.17) is 0 Å². The normalized spacial score (nSPS) is 18.7. The number of fused-ring (bicyclic) bond motifs is 1. The van der Waals surface area contributed by atoms with E-state index in [0.717, 1.165) is 13.0 Å². The highest BCUT2D eigenvalue weighted by molar-refractivity contribution is 7.91. The third-order valence-corrected chi connectivity index (χ3v) is 6.27. The molecule has 1 unspecified atom stereocenters. The van der Waals surface area contributed by atoms with Gasteiger partial charge in [-0.15, -0.1) is 11.3 Å². The van der Waals surface area contributed by atoms with Gasteiger partial charge in [0.2, 0.25) is 10.0 Å². The van der Waals surface area contributed by atoms with Crippen LogP contribution in [0.15, 0.2) is 46.0 Å². The van der Waals surface area contributed by atoms with E-state index in [9.17, 15) is 8.42 Å². The fraction of sp³-hybridized carbons (Fsp3) is 0.286. The standard InChI is InChI=1S/C14H16N2O2S2/c17-20(18,14-6-3-9-19-14)16-10-13-12-5-2-1-4-11(12)7-8-15-13/h1-6,9,13,15-16H,7-8,10H2. The van der Waals surface area contributed by atoms with Crippen LogP contribution in [0.1, 0.15) is 17.2 Å². The second kappa shape index (κ2) is 5.65. The van der Waals surface area contributed by atoms with Crippen molar-refractivity contribution in [2.75, 3.05) is 13.1 Å². The zero-order valence-electron chi connectivity index (χ0n) is 10.9. The number of thiophene rings is 1. The summed E-state index contributed by atoms with van der Waals surface area (Å²) in [4.78, 5) is 0. The molecule has 0 bridgehead atoms. The number of sulfonamides is 1. The molecule has 0 radical (unpaired) electrons. The van der Waals surface area contributed by atoms with E-state index in [1.165, 1.54) is 22.5 Å². The van der Waals surface area contributed by atoms with Crippen molar-refractivity contribution in [2.45, 2.75) is 16.7 Å². The minimum absolute atomic E-state index is 0.0367. The summed E-state index contributed by atoms with van der Waals surface area (Å²) in [5.41, 5.74) is 2.49. The maximum atomic E-state index is 12.1. The molecule has 0 amide bonds. The predicted octanol–water partition coefficient (Wildman–Crippen LogP) is 1.91. The molecule has 1 atom stereocenters. The van der Waals surface area contributed by atoms with E-state index >= 15 is 0 Å². The summed E-state index contributed by atoms with van der Waals surface area (Å²) in [6, 6.07) is 11.6. The lowest BCUT2D eigenvalue weighted by atomic mass is 9.95. The molecule has 2 N–H and O–H groups in total. The van der Waals surface area contributed by atoms with Crippen molar-refractivity contribution in [2.24, 2.45) is 0 Å². The highest BCUT2D eigenvalue weighted by Gasteiger charge is 2.22. The molecule has 6 heteroatoms. The van der Waals surface area contributed by atoms with E-state index in [0.29, 0.717) is 10.8 Å². The Bertz CT molecular complexity index is 681. The second-order valence-corrected chi connectivity index (χ2v) is 7.68. The summed E-state index contributed by atoms with van der Waals surface area (Å²) in [5, 5.41) is 5.14. The van der Waals surface area contributed by atoms with Gasteiger partial charge >= 0.3 is 0 Å². The average molecular weight is 308 g/mol. The summed E-state index contributed by atoms with van der Waals surface area (Å²) < 4.78 is 27.3. The predicted molar refractivity (Wildman–Crippen MR) is 80.4 cm³/mol. The Kier molecular flexibility index (Phi) is 3.89. The smallest absolute Gasteiger partial charge is 0.250 e. The van der Waals surface area contributed by atoms with Crippen molar-refractivity contribution < 1.29 is 8.42 Å². The van der Waals surface area contributed by atoms with Crippen LogP contribution in [0.3, 0.4) is 0 Å². The van der Waals surface area contributed by atoms with Gasteiger partial charge in [0.15, 0.2) is 0 Å². The first-order valence-corrected chi connectivity index (χ1v) is 8.87. The number of nitrogens with one attached hydrogen (secondary N) is 2. The Hall–Kier alpha value is -1.21. The van der Waals surface area contributed by atoms with Crippen LogP contribution in [-0.4, -0.2) is 21.5 Å². The van der Waals surface area contributed by atoms with Crippen LogP contribution in [0.5, 0.6) is 0 Å². The molecule has 0 saturated carbocycles. The summed E-state index contributed by atoms with van der Waals surface area (Å²) in [7, 11) is -3.39. The Labute approximate surface area is 122 Å². The maximum absolute atomic E-state index is 12.1. The van der Waals surface area contributed by atoms with Crippen LogP contribution in [0, 0.1) is 0 Å². The van der Waals surface area contributed by atoms with Gasteiger partial charge in [0.1, 0.15) is 4.21 Å². The van der Waals surface area contributed by atoms with E-state index in [1.54, 1.807) is 17.5 Å². The molecule has 106 valence electrons. The van der Waals surface area contributed by atoms with Crippen LogP contribution >= 0.6 is 11.3 Å². The third kappa shape index (κ3) is 2.78. The highest BCUT2D eigenvalue weighted by Crippen LogP contribution is 2.23. The Morgan fingerprint density at radius 1 is 1.25 bits per heavy atom. The van der Waals surface area contributed by atoms with Gasteiger partial charge in [0, 0.05) is 12.6 Å². The Morgan fingerprint density at radius 3 is 2.90 bits per heavy atom. The number of rotatable bonds is 4. The SMILES string of the molecule is O=S(=O)(NCC1NCCc2ccccc21)c1cccs1. The van der Waals surface area contributed by atoms with Crippen molar-refractivity contribution in [3.8, 4) is 0 Å². The zero-order chi connectivity index (χ0) is 14.0. The molecule has 2 aromatic rings. The van der Waals surface area contributed by atoms with Crippen molar-refractivity contribution in [3.05, 3.63) is 52.9 Å². The van der Waals surface area contributed by atoms with Gasteiger partial charge in [0.25, 0.3) is 0 Å². The van der Waals surface area contributed by atoms with Crippen LogP contribution in [-0.2, 0) is 16.4 Å². The van der Waals surface area contributed by atoms with Crippen LogP contribution in [0.2, 0.25) is 0 Å². The molecular formula is C14H16N2O2S2. The molecule has 0 spiro atoms. The molecule has 1 aliphatic heterocycles. The van der Waals surface area contributed by atoms with E-state index in [-0.39, 0.29) is 6.04 Å². The summed E-state index contributed by atoms with van der Waals surface area (Å²) >= 11 is 1.23. The van der Waals surface area contributed by atoms with Gasteiger partial charge in [0.05, 0.1) is 0 Å². The molecule has 3 rings (SSSR count). The minimum Gasteiger partial charge on any atom is -0.308 e. The largest absolute Gasteiger partial charge is 0.308 e. The lowest BCUT2D eigenvalue weighted by Crippen LogP contribution is -2.38. The first-order chi connectivity index (χ1) is 9.67. The molecule has 2 heterocycles. The van der Waals surface area contributed by atoms with Gasteiger partial charge in [-0.1, -0.05) is 30.3 Å². The van der Waals surface area contributed by atoms with Gasteiger partial charge in [-0.3, -0.25) is 0 Å². The van der Waals surface area contributed by atoms with Gasteiger partial charge in [-0.2, -0.15) is 0 Å². The molecule has 0 saturated heterocycles. The highest BCUT2D eigenvalue weighted by atomic mass is 32.2. The van der Waals surface area contributed by atoms with Gasteiger partial charge < -0.3 is 5.32 Å². The quantitative estimate of drug-likeness (QED) is 0.907. The summed E-state index contributed by atoms with van der Waals surface area (Å²) in [6.45, 7) is 1.25. The molecule has 1 aromatic heterocycles. The number of hydrogen-bond acceptors (Lipinski definition) is 4. The monoisotopic (exact) mass is 308 g/mol. The molecule has 0 fully saturated rings. The first kappa shape index (κ1) is 13.8. The van der Waals surface area contributed by atoms with Crippen LogP contribution in [0.4, 0.5) is 0 Å². The van der Waals surface area contributed by atoms with Crippen molar-refractivity contribution in [3.63, 3.8) is 0 Å². The fourth-order valence-corrected chi connectivity index (χ4v) is 4.54. The number of hydrogen-bond donors (Lipinski definition) is 2. The number of benzene rings is 1. The maximum Gasteiger partial charge on any atom is 0.250 e. The molecular weight excluding hydrogens is 292 g/mol. The molecule has 1 aliphatic rings. The van der Waals surface area contributed by atoms with Gasteiger partial charge in [-0.05, 0) is 35.5 Å².